The summed E-state index contributed by atoms with van der Waals surface area (Å²) < 4.78 is 7.08. The van der Waals surface area contributed by atoms with Crippen molar-refractivity contribution in [2.75, 3.05) is 47.0 Å². The van der Waals surface area contributed by atoms with E-state index in [4.69, 9.17) is 9.84 Å². The highest BCUT2D eigenvalue weighted by Gasteiger charge is 1.99. The van der Waals surface area contributed by atoms with Crippen molar-refractivity contribution in [1.82, 2.24) is 25.2 Å². The predicted octanol–water partition coefficient (Wildman–Crippen LogP) is -1.06. The van der Waals surface area contributed by atoms with Crippen molar-refractivity contribution in [2.24, 2.45) is 0 Å². The Morgan fingerprint density at radius 3 is 3.00 bits per heavy atom. The zero-order valence-electron chi connectivity index (χ0n) is 11.2. The third-order valence-electron chi connectivity index (χ3n) is 2.33. The number of hydrogen-bond acceptors (Lipinski definition) is 6. The first-order chi connectivity index (χ1) is 8.72. The number of nitrogens with one attached hydrogen (secondary N) is 1. The number of rotatable bonds is 10. The van der Waals surface area contributed by atoms with Crippen LogP contribution in [0.5, 0.6) is 0 Å². The van der Waals surface area contributed by atoms with Gasteiger partial charge in [0.1, 0.15) is 0 Å². The summed E-state index contributed by atoms with van der Waals surface area (Å²) in [6.07, 6.45) is 1.83. The number of ether oxygens (including phenoxy) is 1. The quantitative estimate of drug-likeness (QED) is 0.520. The lowest BCUT2D eigenvalue weighted by molar-refractivity contribution is 0.119. The van der Waals surface area contributed by atoms with Crippen molar-refractivity contribution in [3.05, 3.63) is 11.9 Å². The molecular weight excluding hydrogens is 234 g/mol. The predicted molar refractivity (Wildman–Crippen MR) is 68.2 cm³/mol. The van der Waals surface area contributed by atoms with E-state index in [1.165, 1.54) is 0 Å². The molecule has 0 bridgehead atoms. The van der Waals surface area contributed by atoms with Gasteiger partial charge in [-0.3, -0.25) is 0 Å². The third-order valence-corrected chi connectivity index (χ3v) is 2.33. The molecule has 7 nitrogen and oxygen atoms in total. The second-order valence-electron chi connectivity index (χ2n) is 4.29. The molecule has 1 heterocycles. The number of aliphatic hydroxyl groups excluding tert-OH is 1. The maximum absolute atomic E-state index is 8.74. The fourth-order valence-electron chi connectivity index (χ4n) is 1.34. The van der Waals surface area contributed by atoms with Gasteiger partial charge in [-0.2, -0.15) is 0 Å². The fraction of sp³-hybridized carbons (Fsp3) is 0.818. The van der Waals surface area contributed by atoms with Gasteiger partial charge in [0.25, 0.3) is 0 Å². The van der Waals surface area contributed by atoms with Gasteiger partial charge in [-0.1, -0.05) is 5.21 Å². The third kappa shape index (κ3) is 6.65. The van der Waals surface area contributed by atoms with Crippen LogP contribution in [0.1, 0.15) is 5.69 Å². The Kier molecular flexibility index (Phi) is 7.51. The van der Waals surface area contributed by atoms with Gasteiger partial charge in [0.2, 0.25) is 0 Å². The number of hydrogen-bond donors (Lipinski definition) is 2. The van der Waals surface area contributed by atoms with E-state index in [0.717, 1.165) is 25.4 Å². The van der Waals surface area contributed by atoms with Crippen LogP contribution in [0.3, 0.4) is 0 Å². The average Bonchev–Trinajstić information content (AvgIpc) is 2.76. The zero-order chi connectivity index (χ0) is 13.2. The maximum atomic E-state index is 8.74. The van der Waals surface area contributed by atoms with Crippen molar-refractivity contribution in [3.8, 4) is 0 Å². The molecule has 7 heteroatoms. The summed E-state index contributed by atoms with van der Waals surface area (Å²) in [7, 11) is 4.05. The standard InChI is InChI=1S/C11H23N5O2/c1-15(2)5-8-18-7-3-12-9-11-10-16(4-6-17)14-13-11/h10,12,17H,3-9H2,1-2H3. The second kappa shape index (κ2) is 8.98. The molecule has 0 aromatic carbocycles. The number of nitrogens with zero attached hydrogens (tertiary/aromatic N) is 4. The Morgan fingerprint density at radius 2 is 2.28 bits per heavy atom. The van der Waals surface area contributed by atoms with Gasteiger partial charge < -0.3 is 20.1 Å². The minimum atomic E-state index is 0.0793. The van der Waals surface area contributed by atoms with Crippen molar-refractivity contribution in [2.45, 2.75) is 13.1 Å². The van der Waals surface area contributed by atoms with Crippen LogP contribution in [0, 0.1) is 0 Å². The topological polar surface area (TPSA) is 75.4 Å². The molecule has 0 amide bonds. The normalized spacial score (nSPS) is 11.3. The van der Waals surface area contributed by atoms with Gasteiger partial charge in [-0.05, 0) is 14.1 Å². The van der Waals surface area contributed by atoms with Crippen LogP contribution in [-0.2, 0) is 17.8 Å². The molecule has 1 aromatic rings. The number of aromatic nitrogens is 3. The first-order valence-corrected chi connectivity index (χ1v) is 6.15. The van der Waals surface area contributed by atoms with Crippen LogP contribution in [0.2, 0.25) is 0 Å². The van der Waals surface area contributed by atoms with Crippen molar-refractivity contribution >= 4 is 0 Å². The van der Waals surface area contributed by atoms with Crippen LogP contribution >= 0.6 is 0 Å². The van der Waals surface area contributed by atoms with Crippen molar-refractivity contribution in [3.63, 3.8) is 0 Å². The van der Waals surface area contributed by atoms with Gasteiger partial charge in [0.15, 0.2) is 0 Å². The largest absolute Gasteiger partial charge is 0.394 e. The highest BCUT2D eigenvalue weighted by Crippen LogP contribution is 1.91. The molecule has 0 aliphatic rings. The van der Waals surface area contributed by atoms with E-state index in [-0.39, 0.29) is 6.61 Å². The lowest BCUT2D eigenvalue weighted by atomic mass is 10.4. The SMILES string of the molecule is CN(C)CCOCCNCc1cn(CCO)nn1. The molecule has 1 rings (SSSR count). The molecule has 18 heavy (non-hydrogen) atoms. The van der Waals surface area contributed by atoms with Crippen molar-refractivity contribution in [1.29, 1.82) is 0 Å². The molecule has 0 saturated carbocycles. The lowest BCUT2D eigenvalue weighted by Crippen LogP contribution is -2.23. The van der Waals surface area contributed by atoms with Crippen LogP contribution in [-0.4, -0.2) is 72.0 Å². The monoisotopic (exact) mass is 257 g/mol. The first kappa shape index (κ1) is 15.0. The van der Waals surface area contributed by atoms with E-state index in [9.17, 15) is 0 Å². The van der Waals surface area contributed by atoms with Gasteiger partial charge >= 0.3 is 0 Å². The summed E-state index contributed by atoms with van der Waals surface area (Å²) in [4.78, 5) is 2.09. The maximum Gasteiger partial charge on any atom is 0.0964 e. The van der Waals surface area contributed by atoms with E-state index in [1.807, 2.05) is 20.3 Å². The van der Waals surface area contributed by atoms with E-state index >= 15 is 0 Å². The molecule has 0 aliphatic heterocycles. The molecule has 0 saturated heterocycles. The average molecular weight is 257 g/mol. The summed E-state index contributed by atoms with van der Waals surface area (Å²) in [5.41, 5.74) is 0.872. The number of likely N-dealkylation sites (N-methyl/N-ethyl adjacent to an activating group) is 1. The Bertz CT molecular complexity index is 316. The van der Waals surface area contributed by atoms with E-state index in [2.05, 4.69) is 20.5 Å². The highest BCUT2D eigenvalue weighted by atomic mass is 16.5. The molecule has 2 N–H and O–H groups in total. The second-order valence-corrected chi connectivity index (χ2v) is 4.29. The molecule has 0 fully saturated rings. The molecular formula is C11H23N5O2. The first-order valence-electron chi connectivity index (χ1n) is 6.15. The minimum Gasteiger partial charge on any atom is -0.394 e. The summed E-state index contributed by atoms with van der Waals surface area (Å²) in [5, 5.41) is 19.8. The van der Waals surface area contributed by atoms with Crippen LogP contribution in [0.4, 0.5) is 0 Å². The molecule has 0 spiro atoms. The summed E-state index contributed by atoms with van der Waals surface area (Å²) in [5.74, 6) is 0. The summed E-state index contributed by atoms with van der Waals surface area (Å²) in [6, 6.07) is 0. The Morgan fingerprint density at radius 1 is 1.44 bits per heavy atom. The smallest absolute Gasteiger partial charge is 0.0964 e. The molecule has 0 atom stereocenters. The minimum absolute atomic E-state index is 0.0793. The highest BCUT2D eigenvalue weighted by molar-refractivity contribution is 4.91. The van der Waals surface area contributed by atoms with E-state index in [0.29, 0.717) is 19.7 Å². The van der Waals surface area contributed by atoms with Crippen LogP contribution in [0.15, 0.2) is 6.20 Å². The van der Waals surface area contributed by atoms with Crippen molar-refractivity contribution < 1.29 is 9.84 Å². The molecule has 0 radical (unpaired) electrons. The molecule has 0 aliphatic carbocycles. The Labute approximate surface area is 108 Å². The fourth-order valence-corrected chi connectivity index (χ4v) is 1.34. The van der Waals surface area contributed by atoms with Crippen LogP contribution < -0.4 is 5.32 Å². The molecule has 1 aromatic heterocycles. The van der Waals surface area contributed by atoms with Gasteiger partial charge in [0, 0.05) is 25.8 Å². The van der Waals surface area contributed by atoms with Gasteiger partial charge in [-0.15, -0.1) is 5.10 Å². The summed E-state index contributed by atoms with van der Waals surface area (Å²) in [6.45, 7) is 4.41. The Hall–Kier alpha value is -1.02. The van der Waals surface area contributed by atoms with Gasteiger partial charge in [0.05, 0.1) is 32.1 Å². The lowest BCUT2D eigenvalue weighted by Gasteiger charge is -2.09. The van der Waals surface area contributed by atoms with E-state index < -0.39 is 0 Å². The van der Waals surface area contributed by atoms with Crippen LogP contribution in [0.25, 0.3) is 0 Å². The molecule has 0 unspecified atom stereocenters. The molecule has 104 valence electrons. The number of aliphatic hydroxyl groups is 1. The van der Waals surface area contributed by atoms with E-state index in [1.54, 1.807) is 4.68 Å². The van der Waals surface area contributed by atoms with Gasteiger partial charge in [-0.25, -0.2) is 4.68 Å². The zero-order valence-corrected chi connectivity index (χ0v) is 11.2. The Balaban J connectivity index is 2.00. The summed E-state index contributed by atoms with van der Waals surface area (Å²) >= 11 is 0.